The van der Waals surface area contributed by atoms with Crippen LogP contribution < -0.4 is 5.73 Å². The minimum absolute atomic E-state index is 0.378. The Balaban J connectivity index is 2.54. The molecule has 0 spiro atoms. The van der Waals surface area contributed by atoms with Crippen LogP contribution >= 0.6 is 0 Å². The Hall–Kier alpha value is -1.60. The summed E-state index contributed by atoms with van der Waals surface area (Å²) in [5.74, 6) is 0.378. The van der Waals surface area contributed by atoms with Crippen LogP contribution in [0.3, 0.4) is 0 Å². The predicted molar refractivity (Wildman–Crippen MR) is 70.6 cm³/mol. The van der Waals surface area contributed by atoms with E-state index in [1.165, 1.54) is 16.3 Å². The molecule has 0 heterocycles. The summed E-state index contributed by atoms with van der Waals surface area (Å²) in [4.78, 5) is 0. The van der Waals surface area contributed by atoms with E-state index in [0.29, 0.717) is 12.5 Å². The van der Waals surface area contributed by atoms with Crippen LogP contribution in [-0.4, -0.2) is 6.54 Å². The van der Waals surface area contributed by atoms with Gasteiger partial charge < -0.3 is 5.73 Å². The first-order valence-corrected chi connectivity index (χ1v) is 5.65. The molecule has 0 aliphatic rings. The first-order chi connectivity index (χ1) is 7.86. The van der Waals surface area contributed by atoms with Gasteiger partial charge in [0, 0.05) is 5.92 Å². The van der Waals surface area contributed by atoms with Crippen molar-refractivity contribution in [3.63, 3.8) is 0 Å². The fourth-order valence-electron chi connectivity index (χ4n) is 2.16. The maximum atomic E-state index is 5.83. The molecule has 2 rings (SSSR count). The second-order valence-electron chi connectivity index (χ2n) is 4.03. The Morgan fingerprint density at radius 3 is 2.62 bits per heavy atom. The quantitative estimate of drug-likeness (QED) is 0.770. The van der Waals surface area contributed by atoms with E-state index < -0.39 is 0 Å². The van der Waals surface area contributed by atoms with Crippen LogP contribution in [0.15, 0.2) is 55.1 Å². The smallest absolute Gasteiger partial charge is 0.000172 e. The van der Waals surface area contributed by atoms with Crippen LogP contribution in [0.25, 0.3) is 10.8 Å². The van der Waals surface area contributed by atoms with Gasteiger partial charge in [-0.25, -0.2) is 0 Å². The molecule has 16 heavy (non-hydrogen) atoms. The Bertz CT molecular complexity index is 482. The second kappa shape index (κ2) is 4.95. The van der Waals surface area contributed by atoms with Gasteiger partial charge >= 0.3 is 0 Å². The molecule has 2 aromatic rings. The molecule has 1 heteroatoms. The fraction of sp³-hybridized carbons (Fsp3) is 0.200. The molecule has 0 fully saturated rings. The van der Waals surface area contributed by atoms with E-state index in [1.54, 1.807) is 0 Å². The average molecular weight is 211 g/mol. The van der Waals surface area contributed by atoms with Crippen LogP contribution in [0.4, 0.5) is 0 Å². The van der Waals surface area contributed by atoms with Gasteiger partial charge in [-0.05, 0) is 29.3 Å². The standard InChI is InChI=1S/C15H17N/c1-2-6-13(11-16)15-10-5-8-12-7-3-4-9-14(12)15/h2-5,7-10,13H,1,6,11,16H2. The highest BCUT2D eigenvalue weighted by Crippen LogP contribution is 2.27. The minimum Gasteiger partial charge on any atom is -0.330 e. The maximum absolute atomic E-state index is 5.83. The van der Waals surface area contributed by atoms with Crippen LogP contribution in [0, 0.1) is 0 Å². The van der Waals surface area contributed by atoms with Crippen molar-refractivity contribution < 1.29 is 0 Å². The topological polar surface area (TPSA) is 26.0 Å². The Morgan fingerprint density at radius 2 is 1.88 bits per heavy atom. The van der Waals surface area contributed by atoms with E-state index in [1.807, 2.05) is 6.08 Å². The first kappa shape index (κ1) is 10.9. The van der Waals surface area contributed by atoms with Crippen molar-refractivity contribution in [1.29, 1.82) is 0 Å². The molecule has 2 aromatic carbocycles. The maximum Gasteiger partial charge on any atom is 0.000172 e. The summed E-state index contributed by atoms with van der Waals surface area (Å²) in [6, 6.07) is 14.9. The summed E-state index contributed by atoms with van der Waals surface area (Å²) in [6.07, 6.45) is 2.88. The first-order valence-electron chi connectivity index (χ1n) is 5.65. The number of allylic oxidation sites excluding steroid dienone is 1. The Labute approximate surface area is 96.6 Å². The summed E-state index contributed by atoms with van der Waals surface area (Å²) >= 11 is 0. The van der Waals surface area contributed by atoms with Gasteiger partial charge in [0.05, 0.1) is 0 Å². The summed E-state index contributed by atoms with van der Waals surface area (Å²) in [6.45, 7) is 4.47. The van der Waals surface area contributed by atoms with Gasteiger partial charge in [-0.1, -0.05) is 48.5 Å². The number of hydrogen-bond acceptors (Lipinski definition) is 1. The van der Waals surface area contributed by atoms with E-state index in [4.69, 9.17) is 5.73 Å². The van der Waals surface area contributed by atoms with Crippen LogP contribution in [-0.2, 0) is 0 Å². The van der Waals surface area contributed by atoms with E-state index in [-0.39, 0.29) is 0 Å². The monoisotopic (exact) mass is 211 g/mol. The molecule has 0 saturated carbocycles. The van der Waals surface area contributed by atoms with Crippen molar-refractivity contribution in [2.24, 2.45) is 5.73 Å². The highest BCUT2D eigenvalue weighted by atomic mass is 14.5. The summed E-state index contributed by atoms with van der Waals surface area (Å²) in [5, 5.41) is 2.59. The molecule has 0 aliphatic heterocycles. The highest BCUT2D eigenvalue weighted by molar-refractivity contribution is 5.86. The molecule has 0 bridgehead atoms. The molecular formula is C15H17N. The second-order valence-corrected chi connectivity index (χ2v) is 4.03. The van der Waals surface area contributed by atoms with E-state index in [2.05, 4.69) is 49.0 Å². The van der Waals surface area contributed by atoms with Crippen molar-refractivity contribution in [2.75, 3.05) is 6.54 Å². The van der Waals surface area contributed by atoms with Crippen molar-refractivity contribution in [3.8, 4) is 0 Å². The van der Waals surface area contributed by atoms with Crippen molar-refractivity contribution in [1.82, 2.24) is 0 Å². The Kier molecular flexibility index (Phi) is 3.37. The van der Waals surface area contributed by atoms with Crippen LogP contribution in [0.1, 0.15) is 17.9 Å². The number of rotatable bonds is 4. The highest BCUT2D eigenvalue weighted by Gasteiger charge is 2.10. The van der Waals surface area contributed by atoms with Crippen molar-refractivity contribution in [2.45, 2.75) is 12.3 Å². The zero-order valence-electron chi connectivity index (χ0n) is 9.39. The summed E-state index contributed by atoms with van der Waals surface area (Å²) in [7, 11) is 0. The third-order valence-corrected chi connectivity index (χ3v) is 3.00. The van der Waals surface area contributed by atoms with E-state index >= 15 is 0 Å². The molecule has 0 radical (unpaired) electrons. The zero-order chi connectivity index (χ0) is 11.4. The van der Waals surface area contributed by atoms with Crippen molar-refractivity contribution in [3.05, 3.63) is 60.7 Å². The van der Waals surface area contributed by atoms with Crippen LogP contribution in [0.5, 0.6) is 0 Å². The fourth-order valence-corrected chi connectivity index (χ4v) is 2.16. The third kappa shape index (κ3) is 2.00. The number of nitrogens with two attached hydrogens (primary N) is 1. The molecule has 1 unspecified atom stereocenters. The molecule has 82 valence electrons. The largest absolute Gasteiger partial charge is 0.330 e. The SMILES string of the molecule is C=CCC(CN)c1cccc2ccccc12. The van der Waals surface area contributed by atoms with Gasteiger partial charge in [0.2, 0.25) is 0 Å². The molecule has 0 saturated heterocycles. The lowest BCUT2D eigenvalue weighted by Gasteiger charge is -2.15. The zero-order valence-corrected chi connectivity index (χ0v) is 9.39. The molecule has 1 nitrogen and oxygen atoms in total. The molecule has 0 aliphatic carbocycles. The lowest BCUT2D eigenvalue weighted by molar-refractivity contribution is 0.716. The minimum atomic E-state index is 0.378. The molecule has 2 N–H and O–H groups in total. The molecular weight excluding hydrogens is 194 g/mol. The number of hydrogen-bond donors (Lipinski definition) is 1. The van der Waals surface area contributed by atoms with Crippen LogP contribution in [0.2, 0.25) is 0 Å². The van der Waals surface area contributed by atoms with Gasteiger partial charge in [-0.3, -0.25) is 0 Å². The third-order valence-electron chi connectivity index (χ3n) is 3.00. The average Bonchev–Trinajstić information content (AvgIpc) is 2.35. The van der Waals surface area contributed by atoms with E-state index in [9.17, 15) is 0 Å². The van der Waals surface area contributed by atoms with E-state index in [0.717, 1.165) is 6.42 Å². The van der Waals surface area contributed by atoms with Crippen molar-refractivity contribution >= 4 is 10.8 Å². The lowest BCUT2D eigenvalue weighted by Crippen LogP contribution is -2.12. The normalized spacial score (nSPS) is 12.6. The van der Waals surface area contributed by atoms with Gasteiger partial charge in [0.25, 0.3) is 0 Å². The summed E-state index contributed by atoms with van der Waals surface area (Å²) in [5.41, 5.74) is 7.17. The number of fused-ring (bicyclic) bond motifs is 1. The number of benzene rings is 2. The summed E-state index contributed by atoms with van der Waals surface area (Å²) < 4.78 is 0. The van der Waals surface area contributed by atoms with Gasteiger partial charge in [0.1, 0.15) is 0 Å². The van der Waals surface area contributed by atoms with Gasteiger partial charge in [0.15, 0.2) is 0 Å². The predicted octanol–water partition coefficient (Wildman–Crippen LogP) is 3.46. The van der Waals surface area contributed by atoms with Gasteiger partial charge in [-0.15, -0.1) is 6.58 Å². The van der Waals surface area contributed by atoms with Gasteiger partial charge in [-0.2, -0.15) is 0 Å². The lowest BCUT2D eigenvalue weighted by atomic mass is 9.91. The Morgan fingerprint density at radius 1 is 1.12 bits per heavy atom. The molecule has 1 atom stereocenters. The molecule has 0 amide bonds. The molecule has 0 aromatic heterocycles.